The highest BCUT2D eigenvalue weighted by atomic mass is 16.2. The third kappa shape index (κ3) is 6.74. The van der Waals surface area contributed by atoms with Gasteiger partial charge in [0.1, 0.15) is 5.69 Å². The molecule has 0 radical (unpaired) electrons. The van der Waals surface area contributed by atoms with E-state index in [1.54, 1.807) is 12.3 Å². The molecule has 0 unspecified atom stereocenters. The number of amides is 2. The predicted molar refractivity (Wildman–Crippen MR) is 83.2 cm³/mol. The van der Waals surface area contributed by atoms with Crippen molar-refractivity contribution in [3.8, 4) is 0 Å². The summed E-state index contributed by atoms with van der Waals surface area (Å²) in [4.78, 5) is 27.4. The van der Waals surface area contributed by atoms with E-state index in [9.17, 15) is 9.59 Å². The van der Waals surface area contributed by atoms with E-state index in [4.69, 9.17) is 0 Å². The minimum Gasteiger partial charge on any atom is -0.384 e. The van der Waals surface area contributed by atoms with Gasteiger partial charge in [-0.2, -0.15) is 0 Å². The zero-order valence-corrected chi connectivity index (χ0v) is 12.9. The molecule has 0 spiro atoms. The number of pyridine rings is 1. The van der Waals surface area contributed by atoms with E-state index >= 15 is 0 Å². The highest BCUT2D eigenvalue weighted by molar-refractivity contribution is 5.92. The van der Waals surface area contributed by atoms with Crippen LogP contribution in [-0.4, -0.2) is 35.9 Å². The third-order valence-electron chi connectivity index (χ3n) is 2.66. The molecule has 0 bridgehead atoms. The molecule has 0 saturated carbocycles. The second kappa shape index (κ2) is 8.94. The van der Waals surface area contributed by atoms with Crippen molar-refractivity contribution in [1.29, 1.82) is 0 Å². The van der Waals surface area contributed by atoms with E-state index in [0.29, 0.717) is 12.2 Å². The molecule has 0 aliphatic carbocycles. The van der Waals surface area contributed by atoms with Crippen LogP contribution in [0.25, 0.3) is 0 Å². The second-order valence-corrected chi connectivity index (χ2v) is 5.09. The van der Waals surface area contributed by atoms with E-state index in [1.165, 1.54) is 0 Å². The maximum Gasteiger partial charge on any atom is 0.269 e. The average Bonchev–Trinajstić information content (AvgIpc) is 2.44. The molecule has 2 amide bonds. The highest BCUT2D eigenvalue weighted by Gasteiger charge is 2.08. The van der Waals surface area contributed by atoms with Crippen molar-refractivity contribution < 1.29 is 9.59 Å². The van der Waals surface area contributed by atoms with Crippen molar-refractivity contribution in [3.05, 3.63) is 24.0 Å². The number of rotatable bonds is 8. The first-order valence-corrected chi connectivity index (χ1v) is 7.30. The Balaban J connectivity index is 2.36. The molecular formula is C15H24N4O2. The van der Waals surface area contributed by atoms with Crippen LogP contribution >= 0.6 is 0 Å². The van der Waals surface area contributed by atoms with Crippen LogP contribution in [0.4, 0.5) is 5.69 Å². The third-order valence-corrected chi connectivity index (χ3v) is 2.66. The fraction of sp³-hybridized carbons (Fsp3) is 0.533. The molecule has 0 aliphatic rings. The molecule has 0 fully saturated rings. The second-order valence-electron chi connectivity index (χ2n) is 5.09. The van der Waals surface area contributed by atoms with Gasteiger partial charge in [-0.3, -0.25) is 9.59 Å². The molecule has 6 nitrogen and oxygen atoms in total. The minimum absolute atomic E-state index is 0.0719. The van der Waals surface area contributed by atoms with Gasteiger partial charge < -0.3 is 16.0 Å². The summed E-state index contributed by atoms with van der Waals surface area (Å²) in [5, 5.41) is 8.64. The molecule has 1 rings (SSSR count). The van der Waals surface area contributed by atoms with E-state index in [1.807, 2.05) is 19.9 Å². The first kappa shape index (κ1) is 16.9. The van der Waals surface area contributed by atoms with Crippen LogP contribution in [0, 0.1) is 0 Å². The van der Waals surface area contributed by atoms with Gasteiger partial charge in [-0.15, -0.1) is 0 Å². The molecule has 1 aromatic heterocycles. The van der Waals surface area contributed by atoms with Crippen molar-refractivity contribution in [2.24, 2.45) is 0 Å². The van der Waals surface area contributed by atoms with Gasteiger partial charge in [0.2, 0.25) is 5.91 Å². The number of aromatic nitrogens is 1. The fourth-order valence-electron chi connectivity index (χ4n) is 1.68. The summed E-state index contributed by atoms with van der Waals surface area (Å²) in [5.74, 6) is -0.341. The lowest BCUT2D eigenvalue weighted by atomic mass is 10.3. The number of nitrogens with zero attached hydrogens (tertiary/aromatic N) is 1. The Hall–Kier alpha value is -2.11. The number of anilines is 1. The Morgan fingerprint density at radius 2 is 2.00 bits per heavy atom. The molecule has 0 aliphatic heterocycles. The topological polar surface area (TPSA) is 83.1 Å². The molecule has 0 saturated heterocycles. The maximum atomic E-state index is 11.8. The SMILES string of the molecule is CCCNc1ccc(C(=O)NCCC(=O)NC(C)C)nc1. The van der Waals surface area contributed by atoms with Gasteiger partial charge in [0, 0.05) is 25.6 Å². The molecule has 0 aromatic carbocycles. The van der Waals surface area contributed by atoms with Gasteiger partial charge in [0.25, 0.3) is 5.91 Å². The molecule has 3 N–H and O–H groups in total. The minimum atomic E-state index is -0.269. The van der Waals surface area contributed by atoms with Gasteiger partial charge in [-0.05, 0) is 32.4 Å². The van der Waals surface area contributed by atoms with Gasteiger partial charge in [-0.1, -0.05) is 6.92 Å². The van der Waals surface area contributed by atoms with Crippen molar-refractivity contribution in [3.63, 3.8) is 0 Å². The number of hydrogen-bond donors (Lipinski definition) is 3. The van der Waals surface area contributed by atoms with Crippen LogP contribution in [0.1, 0.15) is 44.1 Å². The fourth-order valence-corrected chi connectivity index (χ4v) is 1.68. The monoisotopic (exact) mass is 292 g/mol. The van der Waals surface area contributed by atoms with Crippen molar-refractivity contribution in [2.75, 3.05) is 18.4 Å². The Morgan fingerprint density at radius 3 is 2.57 bits per heavy atom. The van der Waals surface area contributed by atoms with Crippen molar-refractivity contribution >= 4 is 17.5 Å². The summed E-state index contributed by atoms with van der Waals surface area (Å²) < 4.78 is 0. The number of carbonyl (C=O) groups is 2. The standard InChI is InChI=1S/C15H24N4O2/c1-4-8-16-12-5-6-13(18-10-12)15(21)17-9-7-14(20)19-11(2)3/h5-6,10-11,16H,4,7-9H2,1-3H3,(H,17,21)(H,19,20). The normalized spacial score (nSPS) is 10.3. The van der Waals surface area contributed by atoms with Crippen LogP contribution in [0.5, 0.6) is 0 Å². The molecule has 21 heavy (non-hydrogen) atoms. The average molecular weight is 292 g/mol. The quantitative estimate of drug-likeness (QED) is 0.679. The van der Waals surface area contributed by atoms with E-state index in [-0.39, 0.29) is 24.3 Å². The number of hydrogen-bond acceptors (Lipinski definition) is 4. The summed E-state index contributed by atoms with van der Waals surface area (Å²) >= 11 is 0. The van der Waals surface area contributed by atoms with Crippen LogP contribution in [0.15, 0.2) is 18.3 Å². The van der Waals surface area contributed by atoms with Crippen LogP contribution in [-0.2, 0) is 4.79 Å². The first-order valence-electron chi connectivity index (χ1n) is 7.30. The smallest absolute Gasteiger partial charge is 0.269 e. The van der Waals surface area contributed by atoms with Gasteiger partial charge >= 0.3 is 0 Å². The number of nitrogens with one attached hydrogen (secondary N) is 3. The zero-order chi connectivity index (χ0) is 15.7. The first-order chi connectivity index (χ1) is 10.0. The van der Waals surface area contributed by atoms with Crippen molar-refractivity contribution in [2.45, 2.75) is 39.7 Å². The van der Waals surface area contributed by atoms with Crippen LogP contribution in [0.3, 0.4) is 0 Å². The van der Waals surface area contributed by atoms with E-state index in [2.05, 4.69) is 27.9 Å². The van der Waals surface area contributed by atoms with Crippen molar-refractivity contribution in [1.82, 2.24) is 15.6 Å². The molecule has 1 heterocycles. The van der Waals surface area contributed by atoms with Gasteiger partial charge in [0.15, 0.2) is 0 Å². The summed E-state index contributed by atoms with van der Waals surface area (Å²) in [6, 6.07) is 3.60. The molecule has 0 atom stereocenters. The lowest BCUT2D eigenvalue weighted by Crippen LogP contribution is -2.34. The summed E-state index contributed by atoms with van der Waals surface area (Å²) in [5.41, 5.74) is 1.24. The lowest BCUT2D eigenvalue weighted by Gasteiger charge is -2.09. The van der Waals surface area contributed by atoms with Gasteiger partial charge in [0.05, 0.1) is 11.9 Å². The zero-order valence-electron chi connectivity index (χ0n) is 12.9. The Bertz CT molecular complexity index is 457. The Morgan fingerprint density at radius 1 is 1.24 bits per heavy atom. The summed E-state index contributed by atoms with van der Waals surface area (Å²) in [6.07, 6.45) is 2.93. The molecule has 6 heteroatoms. The summed E-state index contributed by atoms with van der Waals surface area (Å²) in [7, 11) is 0. The maximum absolute atomic E-state index is 11.8. The highest BCUT2D eigenvalue weighted by Crippen LogP contribution is 2.06. The van der Waals surface area contributed by atoms with E-state index in [0.717, 1.165) is 18.7 Å². The van der Waals surface area contributed by atoms with Crippen LogP contribution in [0.2, 0.25) is 0 Å². The largest absolute Gasteiger partial charge is 0.384 e. The van der Waals surface area contributed by atoms with Crippen LogP contribution < -0.4 is 16.0 Å². The summed E-state index contributed by atoms with van der Waals surface area (Å²) in [6.45, 7) is 7.05. The molecular weight excluding hydrogens is 268 g/mol. The molecule has 1 aromatic rings. The van der Waals surface area contributed by atoms with Gasteiger partial charge in [-0.25, -0.2) is 4.98 Å². The number of carbonyl (C=O) groups excluding carboxylic acids is 2. The van der Waals surface area contributed by atoms with E-state index < -0.39 is 0 Å². The lowest BCUT2D eigenvalue weighted by molar-refractivity contribution is -0.121. The Labute approximate surface area is 125 Å². The Kier molecular flexibility index (Phi) is 7.21. The molecule has 116 valence electrons. The predicted octanol–water partition coefficient (Wildman–Crippen LogP) is 1.55.